The van der Waals surface area contributed by atoms with E-state index in [4.69, 9.17) is 4.52 Å². The third-order valence-electron chi connectivity index (χ3n) is 4.06. The van der Waals surface area contributed by atoms with Crippen LogP contribution in [0, 0.1) is 6.92 Å². The molecule has 1 aliphatic heterocycles. The number of hydrogen-bond acceptors (Lipinski definition) is 6. The third kappa shape index (κ3) is 2.81. The van der Waals surface area contributed by atoms with Crippen molar-refractivity contribution in [3.8, 4) is 11.6 Å². The third-order valence-corrected chi connectivity index (χ3v) is 4.06. The van der Waals surface area contributed by atoms with Crippen LogP contribution in [0.5, 0.6) is 0 Å². The van der Waals surface area contributed by atoms with Gasteiger partial charge in [0.15, 0.2) is 0 Å². The highest BCUT2D eigenvalue weighted by Gasteiger charge is 2.38. The Morgan fingerprint density at radius 1 is 1.29 bits per heavy atom. The second kappa shape index (κ2) is 5.89. The van der Waals surface area contributed by atoms with Crippen molar-refractivity contribution < 1.29 is 4.52 Å². The smallest absolute Gasteiger partial charge is 0.240 e. The first kappa shape index (κ1) is 14.1. The summed E-state index contributed by atoms with van der Waals surface area (Å²) in [5.74, 6) is 1.72. The molecule has 0 aromatic carbocycles. The van der Waals surface area contributed by atoms with Crippen molar-refractivity contribution in [1.29, 1.82) is 0 Å². The van der Waals surface area contributed by atoms with Gasteiger partial charge >= 0.3 is 0 Å². The molecule has 2 aromatic rings. The molecule has 2 aromatic heterocycles. The summed E-state index contributed by atoms with van der Waals surface area (Å²) in [6, 6.07) is 0. The van der Waals surface area contributed by atoms with Crippen molar-refractivity contribution in [1.82, 2.24) is 25.4 Å². The fourth-order valence-electron chi connectivity index (χ4n) is 2.99. The molecule has 1 aliphatic rings. The van der Waals surface area contributed by atoms with Crippen LogP contribution in [-0.2, 0) is 5.41 Å². The molecule has 3 heterocycles. The van der Waals surface area contributed by atoms with Crippen molar-refractivity contribution in [3.63, 3.8) is 0 Å². The van der Waals surface area contributed by atoms with E-state index in [1.165, 1.54) is 0 Å². The van der Waals surface area contributed by atoms with Crippen molar-refractivity contribution in [2.75, 3.05) is 13.1 Å². The zero-order chi connectivity index (χ0) is 14.7. The molecule has 1 unspecified atom stereocenters. The molecule has 1 fully saturated rings. The first-order chi connectivity index (χ1) is 10.2. The number of hydrogen-bond donors (Lipinski definition) is 1. The second-order valence-electron chi connectivity index (χ2n) is 5.82. The van der Waals surface area contributed by atoms with Gasteiger partial charge in [-0.1, -0.05) is 18.5 Å². The Morgan fingerprint density at radius 2 is 2.10 bits per heavy atom. The number of piperidine rings is 1. The standard InChI is InChI=1S/C15H21N5O/c1-3-5-15(6-4-7-16-10-15)14-19-13(20-21-14)12-17-8-11(2)9-18-12/h8-9,16H,3-7,10H2,1-2H3. The zero-order valence-electron chi connectivity index (χ0n) is 12.6. The summed E-state index contributed by atoms with van der Waals surface area (Å²) in [7, 11) is 0. The van der Waals surface area contributed by atoms with E-state index in [9.17, 15) is 0 Å². The van der Waals surface area contributed by atoms with Crippen molar-refractivity contribution in [2.24, 2.45) is 0 Å². The van der Waals surface area contributed by atoms with Gasteiger partial charge in [0, 0.05) is 18.9 Å². The summed E-state index contributed by atoms with van der Waals surface area (Å²) in [6.07, 6.45) is 7.91. The number of aromatic nitrogens is 4. The molecule has 21 heavy (non-hydrogen) atoms. The predicted octanol–water partition coefficient (Wildman–Crippen LogP) is 2.26. The summed E-state index contributed by atoms with van der Waals surface area (Å²) in [6.45, 7) is 6.11. The Balaban J connectivity index is 1.90. The maximum Gasteiger partial charge on any atom is 0.240 e. The Kier molecular flexibility index (Phi) is 3.96. The summed E-state index contributed by atoms with van der Waals surface area (Å²) >= 11 is 0. The summed E-state index contributed by atoms with van der Waals surface area (Å²) in [4.78, 5) is 13.1. The normalized spacial score (nSPS) is 22.4. The zero-order valence-corrected chi connectivity index (χ0v) is 12.6. The maximum absolute atomic E-state index is 5.56. The van der Waals surface area contributed by atoms with E-state index in [-0.39, 0.29) is 5.41 Å². The van der Waals surface area contributed by atoms with Crippen molar-refractivity contribution >= 4 is 0 Å². The van der Waals surface area contributed by atoms with Crippen LogP contribution in [-0.4, -0.2) is 33.2 Å². The topological polar surface area (TPSA) is 76.7 Å². The number of rotatable bonds is 4. The summed E-state index contributed by atoms with van der Waals surface area (Å²) in [5, 5.41) is 7.54. The van der Waals surface area contributed by atoms with Crippen LogP contribution < -0.4 is 5.32 Å². The van der Waals surface area contributed by atoms with Crippen LogP contribution >= 0.6 is 0 Å². The van der Waals surface area contributed by atoms with Gasteiger partial charge in [0.1, 0.15) is 0 Å². The van der Waals surface area contributed by atoms with Crippen LogP contribution in [0.3, 0.4) is 0 Å². The van der Waals surface area contributed by atoms with E-state index in [2.05, 4.69) is 32.3 Å². The lowest BCUT2D eigenvalue weighted by Crippen LogP contribution is -2.43. The average molecular weight is 287 g/mol. The Hall–Kier alpha value is -1.82. The average Bonchev–Trinajstić information content (AvgIpc) is 3.00. The number of aryl methyl sites for hydroxylation is 1. The van der Waals surface area contributed by atoms with Crippen molar-refractivity contribution in [2.45, 2.75) is 44.9 Å². The molecule has 0 bridgehead atoms. The molecule has 6 heteroatoms. The summed E-state index contributed by atoms with van der Waals surface area (Å²) in [5.41, 5.74) is 0.976. The molecular formula is C15H21N5O. The predicted molar refractivity (Wildman–Crippen MR) is 78.8 cm³/mol. The van der Waals surface area contributed by atoms with E-state index in [0.717, 1.165) is 50.2 Å². The van der Waals surface area contributed by atoms with Gasteiger partial charge < -0.3 is 9.84 Å². The molecule has 0 radical (unpaired) electrons. The van der Waals surface area contributed by atoms with Gasteiger partial charge in [-0.25, -0.2) is 9.97 Å². The van der Waals surface area contributed by atoms with Crippen molar-refractivity contribution in [3.05, 3.63) is 23.8 Å². The minimum Gasteiger partial charge on any atom is -0.338 e. The van der Waals surface area contributed by atoms with Crippen LogP contribution in [0.2, 0.25) is 0 Å². The molecule has 0 aliphatic carbocycles. The molecule has 112 valence electrons. The quantitative estimate of drug-likeness (QED) is 0.929. The van der Waals surface area contributed by atoms with Gasteiger partial charge in [-0.2, -0.15) is 4.98 Å². The highest BCUT2D eigenvalue weighted by atomic mass is 16.5. The Bertz CT molecular complexity index is 581. The lowest BCUT2D eigenvalue weighted by Gasteiger charge is -2.34. The van der Waals surface area contributed by atoms with Gasteiger partial charge in [-0.05, 0) is 38.3 Å². The van der Waals surface area contributed by atoms with Crippen LogP contribution in [0.15, 0.2) is 16.9 Å². The number of nitrogens with zero attached hydrogens (tertiary/aromatic N) is 4. The van der Waals surface area contributed by atoms with Crippen LogP contribution in [0.1, 0.15) is 44.1 Å². The first-order valence-electron chi connectivity index (χ1n) is 7.57. The van der Waals surface area contributed by atoms with Gasteiger partial charge in [-0.15, -0.1) is 0 Å². The maximum atomic E-state index is 5.56. The monoisotopic (exact) mass is 287 g/mol. The first-order valence-corrected chi connectivity index (χ1v) is 7.57. The molecule has 0 saturated carbocycles. The van der Waals surface area contributed by atoms with E-state index >= 15 is 0 Å². The molecule has 3 rings (SSSR count). The van der Waals surface area contributed by atoms with Gasteiger partial charge in [0.05, 0.1) is 5.41 Å². The van der Waals surface area contributed by atoms with E-state index in [1.807, 2.05) is 6.92 Å². The fraction of sp³-hybridized carbons (Fsp3) is 0.600. The molecular weight excluding hydrogens is 266 g/mol. The highest BCUT2D eigenvalue weighted by Crippen LogP contribution is 2.35. The second-order valence-corrected chi connectivity index (χ2v) is 5.82. The van der Waals surface area contributed by atoms with Crippen LogP contribution in [0.25, 0.3) is 11.6 Å². The minimum absolute atomic E-state index is 0.0387. The van der Waals surface area contributed by atoms with E-state index in [0.29, 0.717) is 11.6 Å². The lowest BCUT2D eigenvalue weighted by molar-refractivity contribution is 0.213. The number of nitrogens with one attached hydrogen (secondary N) is 1. The molecule has 1 saturated heterocycles. The fourth-order valence-corrected chi connectivity index (χ4v) is 2.99. The van der Waals surface area contributed by atoms with Gasteiger partial charge in [-0.3, -0.25) is 0 Å². The molecule has 6 nitrogen and oxygen atoms in total. The Labute approximate surface area is 124 Å². The lowest BCUT2D eigenvalue weighted by atomic mass is 9.77. The van der Waals surface area contributed by atoms with E-state index in [1.54, 1.807) is 12.4 Å². The molecule has 0 spiro atoms. The van der Waals surface area contributed by atoms with Gasteiger partial charge in [0.2, 0.25) is 17.5 Å². The Morgan fingerprint density at radius 3 is 2.76 bits per heavy atom. The largest absolute Gasteiger partial charge is 0.338 e. The summed E-state index contributed by atoms with van der Waals surface area (Å²) < 4.78 is 5.56. The molecule has 0 amide bonds. The van der Waals surface area contributed by atoms with Gasteiger partial charge in [0.25, 0.3) is 0 Å². The van der Waals surface area contributed by atoms with Crippen LogP contribution in [0.4, 0.5) is 0 Å². The molecule has 1 atom stereocenters. The van der Waals surface area contributed by atoms with E-state index < -0.39 is 0 Å². The molecule has 1 N–H and O–H groups in total. The SMILES string of the molecule is CCCC1(c2nc(-c3ncc(C)cn3)no2)CCCNC1. The highest BCUT2D eigenvalue weighted by molar-refractivity contribution is 5.41. The minimum atomic E-state index is -0.0387.